The quantitative estimate of drug-likeness (QED) is 0.805. The van der Waals surface area contributed by atoms with Gasteiger partial charge in [0.25, 0.3) is 5.56 Å². The van der Waals surface area contributed by atoms with Crippen molar-refractivity contribution in [1.29, 1.82) is 0 Å². The molecule has 1 saturated carbocycles. The van der Waals surface area contributed by atoms with Crippen LogP contribution in [0.1, 0.15) is 31.4 Å². The van der Waals surface area contributed by atoms with Gasteiger partial charge in [-0.25, -0.2) is 4.39 Å². The highest BCUT2D eigenvalue weighted by atomic mass is 19.1. The molecular weight excluding hydrogens is 281 g/mol. The van der Waals surface area contributed by atoms with Crippen molar-refractivity contribution in [2.45, 2.75) is 32.2 Å². The van der Waals surface area contributed by atoms with Gasteiger partial charge in [0.2, 0.25) is 0 Å². The smallest absolute Gasteiger partial charge is 0.255 e. The molecule has 2 aromatic heterocycles. The molecule has 0 atom stereocenters. The maximum atomic E-state index is 14.3. The molecule has 0 bridgehead atoms. The number of rotatable bonds is 3. The van der Waals surface area contributed by atoms with E-state index in [1.807, 2.05) is 17.7 Å². The van der Waals surface area contributed by atoms with Gasteiger partial charge in [-0.3, -0.25) is 9.48 Å². The Kier molecular flexibility index (Phi) is 2.89. The van der Waals surface area contributed by atoms with Crippen molar-refractivity contribution in [2.24, 2.45) is 0 Å². The molecule has 3 aromatic rings. The second-order valence-electron chi connectivity index (χ2n) is 5.77. The molecular formula is C17H16FN3O. The number of fused-ring (bicyclic) bond motifs is 1. The van der Waals surface area contributed by atoms with E-state index in [1.165, 1.54) is 25.1 Å². The van der Waals surface area contributed by atoms with Crippen molar-refractivity contribution in [3.05, 3.63) is 52.3 Å². The Hall–Kier alpha value is -2.43. The second kappa shape index (κ2) is 4.80. The molecule has 22 heavy (non-hydrogen) atoms. The first-order chi connectivity index (χ1) is 10.7. The lowest BCUT2D eigenvalue weighted by molar-refractivity contribution is 0.637. The van der Waals surface area contributed by atoms with Gasteiger partial charge in [0.1, 0.15) is 5.82 Å². The van der Waals surface area contributed by atoms with Crippen molar-refractivity contribution >= 4 is 10.8 Å². The highest BCUT2D eigenvalue weighted by molar-refractivity contribution is 5.86. The van der Waals surface area contributed by atoms with E-state index in [1.54, 1.807) is 12.1 Å². The van der Waals surface area contributed by atoms with Gasteiger partial charge in [-0.1, -0.05) is 0 Å². The number of H-pyrrole nitrogens is 1. The summed E-state index contributed by atoms with van der Waals surface area (Å²) in [4.78, 5) is 14.5. The Morgan fingerprint density at radius 1 is 1.32 bits per heavy atom. The van der Waals surface area contributed by atoms with Gasteiger partial charge in [-0.2, -0.15) is 5.10 Å². The number of aryl methyl sites for hydroxylation is 1. The molecule has 1 aromatic carbocycles. The Bertz CT molecular complexity index is 921. The summed E-state index contributed by atoms with van der Waals surface area (Å²) in [5, 5.41) is 5.32. The SMILES string of the molecule is CCn1nc(C2CC2)cc1-c1cc(F)c2cc[nH]c(=O)c2c1. The second-order valence-corrected chi connectivity index (χ2v) is 5.77. The van der Waals surface area contributed by atoms with E-state index in [9.17, 15) is 9.18 Å². The van der Waals surface area contributed by atoms with Crippen LogP contribution in [0, 0.1) is 5.82 Å². The fourth-order valence-electron chi connectivity index (χ4n) is 2.89. The highest BCUT2D eigenvalue weighted by Crippen LogP contribution is 2.40. The number of nitrogens with zero attached hydrogens (tertiary/aromatic N) is 2. The van der Waals surface area contributed by atoms with E-state index < -0.39 is 0 Å². The van der Waals surface area contributed by atoms with E-state index in [2.05, 4.69) is 10.1 Å². The van der Waals surface area contributed by atoms with Crippen molar-refractivity contribution in [2.75, 3.05) is 0 Å². The van der Waals surface area contributed by atoms with Gasteiger partial charge in [-0.05, 0) is 44.0 Å². The number of aromatic nitrogens is 3. The third-order valence-corrected chi connectivity index (χ3v) is 4.23. The molecule has 0 saturated heterocycles. The van der Waals surface area contributed by atoms with Crippen LogP contribution in [0.25, 0.3) is 22.0 Å². The lowest BCUT2D eigenvalue weighted by atomic mass is 10.1. The lowest BCUT2D eigenvalue weighted by Gasteiger charge is -2.07. The summed E-state index contributed by atoms with van der Waals surface area (Å²) in [7, 11) is 0. The highest BCUT2D eigenvalue weighted by Gasteiger charge is 2.27. The van der Waals surface area contributed by atoms with Crippen LogP contribution in [0.3, 0.4) is 0 Å². The van der Waals surface area contributed by atoms with Gasteiger partial charge in [0.15, 0.2) is 0 Å². The number of pyridine rings is 1. The molecule has 0 unspecified atom stereocenters. The fourth-order valence-corrected chi connectivity index (χ4v) is 2.89. The minimum atomic E-state index is -0.379. The predicted octanol–water partition coefficient (Wildman–Crippen LogP) is 3.43. The molecule has 1 aliphatic carbocycles. The minimum absolute atomic E-state index is 0.275. The first kappa shape index (κ1) is 13.2. The number of aromatic amines is 1. The average molecular weight is 297 g/mol. The summed E-state index contributed by atoms with van der Waals surface area (Å²) in [5.41, 5.74) is 2.36. The summed E-state index contributed by atoms with van der Waals surface area (Å²) in [6, 6.07) is 6.85. The van der Waals surface area contributed by atoms with E-state index in [-0.39, 0.29) is 11.4 Å². The standard InChI is InChI=1S/C17H16FN3O/c1-2-21-16(9-15(20-21)10-3-4-10)11-7-13-12(14(18)8-11)5-6-19-17(13)22/h5-10H,2-4H2,1H3,(H,19,22). The minimum Gasteiger partial charge on any atom is -0.329 e. The van der Waals surface area contributed by atoms with Crippen LogP contribution in [0.4, 0.5) is 4.39 Å². The molecule has 112 valence electrons. The molecule has 0 spiro atoms. The molecule has 5 heteroatoms. The predicted molar refractivity (Wildman–Crippen MR) is 83.4 cm³/mol. The Labute approximate surface area is 126 Å². The van der Waals surface area contributed by atoms with Gasteiger partial charge in [-0.15, -0.1) is 0 Å². The van der Waals surface area contributed by atoms with Gasteiger partial charge in [0, 0.05) is 29.6 Å². The van der Waals surface area contributed by atoms with E-state index in [0.717, 1.165) is 11.4 Å². The van der Waals surface area contributed by atoms with Crippen LogP contribution >= 0.6 is 0 Å². The number of benzene rings is 1. The first-order valence-corrected chi connectivity index (χ1v) is 7.56. The summed E-state index contributed by atoms with van der Waals surface area (Å²) >= 11 is 0. The molecule has 2 heterocycles. The molecule has 4 nitrogen and oxygen atoms in total. The lowest BCUT2D eigenvalue weighted by Crippen LogP contribution is -2.06. The first-order valence-electron chi connectivity index (χ1n) is 7.56. The third-order valence-electron chi connectivity index (χ3n) is 4.23. The van der Waals surface area contributed by atoms with E-state index in [4.69, 9.17) is 0 Å². The zero-order valence-corrected chi connectivity index (χ0v) is 12.3. The normalized spacial score (nSPS) is 14.6. The van der Waals surface area contributed by atoms with Gasteiger partial charge < -0.3 is 4.98 Å². The summed E-state index contributed by atoms with van der Waals surface area (Å²) in [6.45, 7) is 2.73. The van der Waals surface area contributed by atoms with Crippen LogP contribution in [0.15, 0.2) is 35.3 Å². The Morgan fingerprint density at radius 3 is 2.86 bits per heavy atom. The Morgan fingerprint density at radius 2 is 2.14 bits per heavy atom. The van der Waals surface area contributed by atoms with Crippen molar-refractivity contribution in [3.63, 3.8) is 0 Å². The largest absolute Gasteiger partial charge is 0.329 e. The molecule has 0 radical (unpaired) electrons. The number of hydrogen-bond acceptors (Lipinski definition) is 2. The summed E-state index contributed by atoms with van der Waals surface area (Å²) in [5.74, 6) is 0.163. The molecule has 1 N–H and O–H groups in total. The molecule has 1 fully saturated rings. The molecule has 0 amide bonds. The maximum absolute atomic E-state index is 14.3. The van der Waals surface area contributed by atoms with Crippen LogP contribution in [0.2, 0.25) is 0 Å². The zero-order valence-electron chi connectivity index (χ0n) is 12.3. The number of nitrogens with one attached hydrogen (secondary N) is 1. The zero-order chi connectivity index (χ0) is 15.3. The van der Waals surface area contributed by atoms with Crippen molar-refractivity contribution in [1.82, 2.24) is 14.8 Å². The van der Waals surface area contributed by atoms with Gasteiger partial charge >= 0.3 is 0 Å². The Balaban J connectivity index is 1.94. The fraction of sp³-hybridized carbons (Fsp3) is 0.294. The number of halogens is 1. The number of hydrogen-bond donors (Lipinski definition) is 1. The molecule has 0 aliphatic heterocycles. The maximum Gasteiger partial charge on any atom is 0.255 e. The average Bonchev–Trinajstić information content (AvgIpc) is 3.27. The third kappa shape index (κ3) is 2.04. The van der Waals surface area contributed by atoms with Crippen LogP contribution in [-0.4, -0.2) is 14.8 Å². The van der Waals surface area contributed by atoms with Gasteiger partial charge in [0.05, 0.1) is 16.8 Å². The molecule has 4 rings (SSSR count). The monoisotopic (exact) mass is 297 g/mol. The van der Waals surface area contributed by atoms with Crippen LogP contribution < -0.4 is 5.56 Å². The van der Waals surface area contributed by atoms with Crippen molar-refractivity contribution in [3.8, 4) is 11.3 Å². The van der Waals surface area contributed by atoms with Crippen molar-refractivity contribution < 1.29 is 4.39 Å². The van der Waals surface area contributed by atoms with Crippen LogP contribution in [-0.2, 0) is 6.54 Å². The summed E-state index contributed by atoms with van der Waals surface area (Å²) in [6.07, 6.45) is 3.81. The molecule has 1 aliphatic rings. The van der Waals surface area contributed by atoms with E-state index >= 15 is 0 Å². The van der Waals surface area contributed by atoms with E-state index in [0.29, 0.717) is 28.8 Å². The van der Waals surface area contributed by atoms with Crippen LogP contribution in [0.5, 0.6) is 0 Å². The topological polar surface area (TPSA) is 50.7 Å². The summed E-state index contributed by atoms with van der Waals surface area (Å²) < 4.78 is 16.2.